The van der Waals surface area contributed by atoms with E-state index in [1.54, 1.807) is 6.07 Å². The Hall–Kier alpha value is -2.58. The van der Waals surface area contributed by atoms with Crippen LogP contribution in [0.25, 0.3) is 0 Å². The van der Waals surface area contributed by atoms with Crippen molar-refractivity contribution in [2.24, 2.45) is 0 Å². The first-order chi connectivity index (χ1) is 16.4. The van der Waals surface area contributed by atoms with Gasteiger partial charge in [0.1, 0.15) is 0 Å². The Morgan fingerprint density at radius 1 is 0.971 bits per heavy atom. The minimum atomic E-state index is -3.92. The number of carbonyl (C=O) groups is 1. The summed E-state index contributed by atoms with van der Waals surface area (Å²) in [5.41, 5.74) is 2.38. The van der Waals surface area contributed by atoms with Gasteiger partial charge < -0.3 is 14.8 Å². The van der Waals surface area contributed by atoms with Gasteiger partial charge in [-0.3, -0.25) is 4.79 Å². The molecule has 2 aliphatic carbocycles. The highest BCUT2D eigenvalue weighted by Gasteiger charge is 2.35. The minimum Gasteiger partial charge on any atom is -0.493 e. The molecule has 7 nitrogen and oxygen atoms in total. The summed E-state index contributed by atoms with van der Waals surface area (Å²) in [4.78, 5) is 13.3. The second kappa shape index (κ2) is 10.8. The van der Waals surface area contributed by atoms with Crippen molar-refractivity contribution in [1.29, 1.82) is 0 Å². The molecule has 0 aliphatic heterocycles. The van der Waals surface area contributed by atoms with E-state index in [0.717, 1.165) is 56.9 Å². The van der Waals surface area contributed by atoms with E-state index >= 15 is 0 Å². The van der Waals surface area contributed by atoms with Crippen LogP contribution in [0.4, 0.5) is 0 Å². The zero-order valence-corrected chi connectivity index (χ0v) is 20.8. The molecule has 0 bridgehead atoms. The third kappa shape index (κ3) is 5.23. The van der Waals surface area contributed by atoms with Gasteiger partial charge in [-0.2, -0.15) is 4.31 Å². The molecule has 2 aromatic carbocycles. The number of rotatable bonds is 8. The van der Waals surface area contributed by atoms with Crippen molar-refractivity contribution in [3.63, 3.8) is 0 Å². The molecule has 0 aromatic heterocycles. The molecule has 2 aromatic rings. The Labute approximate surface area is 202 Å². The van der Waals surface area contributed by atoms with Crippen molar-refractivity contribution in [3.8, 4) is 11.5 Å². The molecule has 8 heteroatoms. The number of methoxy groups -OCH3 is 2. The molecule has 4 rings (SSSR count). The van der Waals surface area contributed by atoms with Gasteiger partial charge in [-0.15, -0.1) is 0 Å². The summed E-state index contributed by atoms with van der Waals surface area (Å²) >= 11 is 0. The van der Waals surface area contributed by atoms with Crippen LogP contribution in [0.1, 0.15) is 62.1 Å². The van der Waals surface area contributed by atoms with Crippen LogP contribution in [-0.4, -0.2) is 45.4 Å². The van der Waals surface area contributed by atoms with Crippen molar-refractivity contribution < 1.29 is 22.7 Å². The van der Waals surface area contributed by atoms with Crippen LogP contribution < -0.4 is 14.8 Å². The first-order valence-electron chi connectivity index (χ1n) is 12.0. The Balaban J connectivity index is 1.59. The molecule has 184 valence electrons. The molecule has 0 unspecified atom stereocenters. The lowest BCUT2D eigenvalue weighted by Crippen LogP contribution is -2.47. The van der Waals surface area contributed by atoms with Crippen molar-refractivity contribution in [2.45, 2.75) is 68.3 Å². The molecule has 1 N–H and O–H groups in total. The number of carbonyl (C=O) groups excluding carboxylic acids is 1. The number of nitrogens with one attached hydrogen (secondary N) is 1. The normalized spacial score (nSPS) is 18.9. The highest BCUT2D eigenvalue weighted by Crippen LogP contribution is 2.34. The monoisotopic (exact) mass is 486 g/mol. The molecule has 1 atom stereocenters. The Bertz CT molecular complexity index is 1110. The maximum atomic E-state index is 13.8. The van der Waals surface area contributed by atoms with E-state index in [1.165, 1.54) is 36.2 Å². The summed E-state index contributed by atoms with van der Waals surface area (Å²) < 4.78 is 39.5. The average molecular weight is 487 g/mol. The highest BCUT2D eigenvalue weighted by atomic mass is 32.2. The number of hydrogen-bond acceptors (Lipinski definition) is 5. The first kappa shape index (κ1) is 24.5. The summed E-state index contributed by atoms with van der Waals surface area (Å²) in [6.07, 6.45) is 7.38. The Morgan fingerprint density at radius 3 is 2.44 bits per heavy atom. The quantitative estimate of drug-likeness (QED) is 0.604. The van der Waals surface area contributed by atoms with Crippen LogP contribution in [0.5, 0.6) is 11.5 Å². The zero-order valence-electron chi connectivity index (χ0n) is 20.0. The number of amides is 1. The molecule has 0 spiro atoms. The number of nitrogens with zero attached hydrogens (tertiary/aromatic N) is 1. The second-order valence-electron chi connectivity index (χ2n) is 9.07. The predicted octanol–water partition coefficient (Wildman–Crippen LogP) is 4.22. The SMILES string of the molecule is COc1ccc(S(=O)(=O)N(CC(=O)N[C@@H]2CCCc3ccccc32)C2CCCCC2)cc1OC. The van der Waals surface area contributed by atoms with Gasteiger partial charge >= 0.3 is 0 Å². The van der Waals surface area contributed by atoms with Gasteiger partial charge in [0, 0.05) is 12.1 Å². The standard InChI is InChI=1S/C26H34N2O5S/c1-32-24-16-15-21(17-25(24)33-2)34(30,31)28(20-11-4-3-5-12-20)18-26(29)27-23-14-8-10-19-9-6-7-13-22(19)23/h6-7,9,13,15-17,20,23H,3-5,8,10-12,14,18H2,1-2H3,(H,27,29)/t23-/m1/s1. The summed E-state index contributed by atoms with van der Waals surface area (Å²) in [6, 6.07) is 12.4. The van der Waals surface area contributed by atoms with Crippen molar-refractivity contribution in [1.82, 2.24) is 9.62 Å². The largest absolute Gasteiger partial charge is 0.493 e. The Kier molecular flexibility index (Phi) is 7.78. The molecule has 1 saturated carbocycles. The van der Waals surface area contributed by atoms with Gasteiger partial charge in [0.25, 0.3) is 0 Å². The van der Waals surface area contributed by atoms with Gasteiger partial charge in [0.15, 0.2) is 11.5 Å². The topological polar surface area (TPSA) is 84.9 Å². The zero-order chi connectivity index (χ0) is 24.1. The number of ether oxygens (including phenoxy) is 2. The van der Waals surface area contributed by atoms with E-state index in [2.05, 4.69) is 17.4 Å². The number of benzene rings is 2. The average Bonchev–Trinajstić information content (AvgIpc) is 2.87. The highest BCUT2D eigenvalue weighted by molar-refractivity contribution is 7.89. The fourth-order valence-electron chi connectivity index (χ4n) is 5.18. The van der Waals surface area contributed by atoms with E-state index in [4.69, 9.17) is 9.47 Å². The molecule has 1 amide bonds. The number of aryl methyl sites for hydroxylation is 1. The van der Waals surface area contributed by atoms with E-state index < -0.39 is 10.0 Å². The van der Waals surface area contributed by atoms with Crippen LogP contribution >= 0.6 is 0 Å². The molecule has 0 radical (unpaired) electrons. The van der Waals surface area contributed by atoms with Crippen LogP contribution in [0.15, 0.2) is 47.4 Å². The summed E-state index contributed by atoms with van der Waals surface area (Å²) in [6.45, 7) is -0.194. The van der Waals surface area contributed by atoms with E-state index in [0.29, 0.717) is 11.5 Å². The summed E-state index contributed by atoms with van der Waals surface area (Å²) in [5, 5.41) is 3.12. The number of fused-ring (bicyclic) bond motifs is 1. The minimum absolute atomic E-state index is 0.0885. The maximum Gasteiger partial charge on any atom is 0.243 e. The second-order valence-corrected chi connectivity index (χ2v) is 11.0. The molecule has 2 aliphatic rings. The third-order valence-electron chi connectivity index (χ3n) is 6.95. The summed E-state index contributed by atoms with van der Waals surface area (Å²) in [7, 11) is -0.935. The van der Waals surface area contributed by atoms with Crippen LogP contribution in [-0.2, 0) is 21.2 Å². The molecular weight excluding hydrogens is 452 g/mol. The number of sulfonamides is 1. The maximum absolute atomic E-state index is 13.8. The van der Waals surface area contributed by atoms with E-state index in [9.17, 15) is 13.2 Å². The lowest BCUT2D eigenvalue weighted by Gasteiger charge is -2.34. The van der Waals surface area contributed by atoms with Crippen LogP contribution in [0, 0.1) is 0 Å². The van der Waals surface area contributed by atoms with Crippen LogP contribution in [0.3, 0.4) is 0 Å². The lowest BCUT2D eigenvalue weighted by atomic mass is 9.88. The number of hydrogen-bond donors (Lipinski definition) is 1. The molecular formula is C26H34N2O5S. The molecule has 1 fully saturated rings. The van der Waals surface area contributed by atoms with Crippen molar-refractivity contribution >= 4 is 15.9 Å². The van der Waals surface area contributed by atoms with Gasteiger partial charge in [-0.05, 0) is 55.4 Å². The predicted molar refractivity (Wildman–Crippen MR) is 131 cm³/mol. The van der Waals surface area contributed by atoms with E-state index in [-0.39, 0.29) is 29.4 Å². The van der Waals surface area contributed by atoms with Gasteiger partial charge in [0.05, 0.1) is 31.7 Å². The summed E-state index contributed by atoms with van der Waals surface area (Å²) in [5.74, 6) is 0.533. The van der Waals surface area contributed by atoms with Gasteiger partial charge in [-0.25, -0.2) is 8.42 Å². The fourth-order valence-corrected chi connectivity index (χ4v) is 6.83. The molecule has 0 heterocycles. The van der Waals surface area contributed by atoms with E-state index in [1.807, 2.05) is 12.1 Å². The smallest absolute Gasteiger partial charge is 0.243 e. The third-order valence-corrected chi connectivity index (χ3v) is 8.84. The molecule has 34 heavy (non-hydrogen) atoms. The fraction of sp³-hybridized carbons (Fsp3) is 0.500. The van der Waals surface area contributed by atoms with Crippen molar-refractivity contribution in [3.05, 3.63) is 53.6 Å². The van der Waals surface area contributed by atoms with Gasteiger partial charge in [0.2, 0.25) is 15.9 Å². The lowest BCUT2D eigenvalue weighted by molar-refractivity contribution is -0.122. The van der Waals surface area contributed by atoms with Crippen LogP contribution in [0.2, 0.25) is 0 Å². The van der Waals surface area contributed by atoms with Gasteiger partial charge in [-0.1, -0.05) is 43.5 Å². The molecule has 0 saturated heterocycles. The first-order valence-corrected chi connectivity index (χ1v) is 13.5. The van der Waals surface area contributed by atoms with Crippen molar-refractivity contribution in [2.75, 3.05) is 20.8 Å². The Morgan fingerprint density at radius 2 is 1.71 bits per heavy atom.